The van der Waals surface area contributed by atoms with Crippen LogP contribution in [0.25, 0.3) is 0 Å². The van der Waals surface area contributed by atoms with Gasteiger partial charge in [0.25, 0.3) is 0 Å². The number of amides is 1. The van der Waals surface area contributed by atoms with Gasteiger partial charge in [0.05, 0.1) is 6.54 Å². The minimum atomic E-state index is -0.0687. The highest BCUT2D eigenvalue weighted by Crippen LogP contribution is 2.26. The van der Waals surface area contributed by atoms with Gasteiger partial charge in [-0.05, 0) is 40.7 Å². The van der Waals surface area contributed by atoms with Gasteiger partial charge in [-0.15, -0.1) is 21.5 Å². The Balaban J connectivity index is 1.87. The summed E-state index contributed by atoms with van der Waals surface area (Å²) in [6.45, 7) is 10.9. The third-order valence-electron chi connectivity index (χ3n) is 3.56. The van der Waals surface area contributed by atoms with Crippen LogP contribution >= 0.6 is 11.3 Å². The maximum absolute atomic E-state index is 12.1. The Kier molecular flexibility index (Phi) is 4.44. The van der Waals surface area contributed by atoms with Gasteiger partial charge in [0.2, 0.25) is 5.91 Å². The first-order chi connectivity index (χ1) is 9.25. The summed E-state index contributed by atoms with van der Waals surface area (Å²) < 4.78 is 0. The van der Waals surface area contributed by atoms with Gasteiger partial charge in [-0.1, -0.05) is 0 Å². The minimum Gasteiger partial charge on any atom is -0.338 e. The summed E-state index contributed by atoms with van der Waals surface area (Å²) >= 11 is 1.64. The number of carbonyl (C=O) groups excluding carboxylic acids is 1. The summed E-state index contributed by atoms with van der Waals surface area (Å²) in [6, 6.07) is 0. The zero-order chi connectivity index (χ0) is 14.9. The first-order valence-corrected chi connectivity index (χ1v) is 7.85. The van der Waals surface area contributed by atoms with Crippen LogP contribution in [0.4, 0.5) is 0 Å². The van der Waals surface area contributed by atoms with Crippen molar-refractivity contribution >= 4 is 17.2 Å². The average Bonchev–Trinajstić information content (AvgIpc) is 2.84. The van der Waals surface area contributed by atoms with E-state index in [1.807, 2.05) is 11.8 Å². The highest BCUT2D eigenvalue weighted by Gasteiger charge is 2.36. The van der Waals surface area contributed by atoms with Crippen LogP contribution in [0.2, 0.25) is 0 Å². The maximum atomic E-state index is 12.1. The molecule has 0 radical (unpaired) electrons. The van der Waals surface area contributed by atoms with E-state index in [-0.39, 0.29) is 11.4 Å². The fraction of sp³-hybridized carbons (Fsp3) is 0.786. The predicted octanol–water partition coefficient (Wildman–Crippen LogP) is 1.93. The average molecular weight is 296 g/mol. The second-order valence-corrected chi connectivity index (χ2v) is 7.92. The molecule has 6 heteroatoms. The van der Waals surface area contributed by atoms with Gasteiger partial charge >= 0.3 is 0 Å². The lowest BCUT2D eigenvalue weighted by molar-refractivity contribution is -0.131. The molecule has 0 unspecified atom stereocenters. The largest absolute Gasteiger partial charge is 0.338 e. The molecular weight excluding hydrogens is 272 g/mol. The lowest BCUT2D eigenvalue weighted by Crippen LogP contribution is -2.42. The van der Waals surface area contributed by atoms with Crippen molar-refractivity contribution < 1.29 is 4.79 Å². The second kappa shape index (κ2) is 5.77. The molecule has 0 aliphatic carbocycles. The first kappa shape index (κ1) is 15.4. The lowest BCUT2D eigenvalue weighted by atomic mass is 10.1. The Morgan fingerprint density at radius 3 is 2.60 bits per heavy atom. The van der Waals surface area contributed by atoms with Gasteiger partial charge in [0, 0.05) is 25.0 Å². The van der Waals surface area contributed by atoms with E-state index in [1.165, 1.54) is 0 Å². The third-order valence-corrected chi connectivity index (χ3v) is 4.38. The summed E-state index contributed by atoms with van der Waals surface area (Å²) in [6.07, 6.45) is 0.663. The summed E-state index contributed by atoms with van der Waals surface area (Å²) in [4.78, 5) is 16.3. The summed E-state index contributed by atoms with van der Waals surface area (Å²) in [5, 5.41) is 10.2. The number of hydrogen-bond acceptors (Lipinski definition) is 5. The van der Waals surface area contributed by atoms with Gasteiger partial charge in [-0.25, -0.2) is 0 Å². The molecular formula is C14H24N4OS. The van der Waals surface area contributed by atoms with Crippen LogP contribution in [0.3, 0.4) is 0 Å². The Hall–Kier alpha value is -1.01. The summed E-state index contributed by atoms with van der Waals surface area (Å²) in [5.41, 5.74) is -0.0687. The van der Waals surface area contributed by atoms with Crippen LogP contribution in [0.15, 0.2) is 0 Å². The van der Waals surface area contributed by atoms with Gasteiger partial charge < -0.3 is 4.90 Å². The number of hydrogen-bond donors (Lipinski definition) is 0. The molecule has 0 bridgehead atoms. The number of aromatic nitrogens is 2. The van der Waals surface area contributed by atoms with E-state index in [2.05, 4.69) is 42.9 Å². The fourth-order valence-corrected chi connectivity index (χ4v) is 3.48. The first-order valence-electron chi connectivity index (χ1n) is 7.03. The van der Waals surface area contributed by atoms with Crippen molar-refractivity contribution in [2.45, 2.75) is 46.2 Å². The van der Waals surface area contributed by atoms with Crippen molar-refractivity contribution in [2.75, 3.05) is 20.1 Å². The van der Waals surface area contributed by atoms with Gasteiger partial charge in [-0.3, -0.25) is 9.69 Å². The molecule has 1 fully saturated rings. The van der Waals surface area contributed by atoms with Crippen molar-refractivity contribution in [2.24, 2.45) is 5.92 Å². The van der Waals surface area contributed by atoms with E-state index >= 15 is 0 Å². The number of rotatable bonds is 4. The summed E-state index contributed by atoms with van der Waals surface area (Å²) in [7, 11) is 2.08. The number of nitrogens with zero attached hydrogens (tertiary/aromatic N) is 4. The van der Waals surface area contributed by atoms with Crippen molar-refractivity contribution in [3.05, 3.63) is 10.0 Å². The monoisotopic (exact) mass is 296 g/mol. The molecule has 1 atom stereocenters. The highest BCUT2D eigenvalue weighted by atomic mass is 32.1. The minimum absolute atomic E-state index is 0.0687. The Morgan fingerprint density at radius 1 is 1.40 bits per heavy atom. The van der Waals surface area contributed by atoms with Crippen molar-refractivity contribution in [1.29, 1.82) is 0 Å². The van der Waals surface area contributed by atoms with Crippen LogP contribution in [0, 0.1) is 12.8 Å². The molecule has 0 saturated carbocycles. The van der Waals surface area contributed by atoms with E-state index in [9.17, 15) is 4.79 Å². The fourth-order valence-electron chi connectivity index (χ4n) is 2.69. The molecule has 20 heavy (non-hydrogen) atoms. The molecule has 1 aromatic rings. The smallest absolute Gasteiger partial charge is 0.223 e. The molecule has 1 aliphatic rings. The van der Waals surface area contributed by atoms with Gasteiger partial charge in [0.15, 0.2) is 0 Å². The second-order valence-electron chi connectivity index (χ2n) is 6.66. The maximum Gasteiger partial charge on any atom is 0.223 e. The summed E-state index contributed by atoms with van der Waals surface area (Å²) in [5.74, 6) is 0.698. The van der Waals surface area contributed by atoms with Crippen molar-refractivity contribution in [3.63, 3.8) is 0 Å². The van der Waals surface area contributed by atoms with E-state index < -0.39 is 0 Å². The van der Waals surface area contributed by atoms with Crippen LogP contribution in [0.5, 0.6) is 0 Å². The molecule has 0 N–H and O–H groups in total. The molecule has 112 valence electrons. The van der Waals surface area contributed by atoms with E-state index in [1.54, 1.807) is 11.3 Å². The van der Waals surface area contributed by atoms with Crippen LogP contribution in [-0.2, 0) is 11.3 Å². The molecule has 0 spiro atoms. The van der Waals surface area contributed by atoms with Crippen LogP contribution in [0.1, 0.15) is 37.2 Å². The zero-order valence-electron chi connectivity index (χ0n) is 13.0. The van der Waals surface area contributed by atoms with Crippen molar-refractivity contribution in [1.82, 2.24) is 20.0 Å². The molecule has 1 aliphatic heterocycles. The van der Waals surface area contributed by atoms with E-state index in [0.717, 1.165) is 29.6 Å². The lowest BCUT2D eigenvalue weighted by Gasteiger charge is -2.32. The van der Waals surface area contributed by atoms with E-state index in [0.29, 0.717) is 12.3 Å². The standard InChI is InChI=1S/C14H24N4OS/c1-10-15-16-12(20-10)9-17(5)7-11-6-13(19)18(8-11)14(2,3)4/h11H,6-9H2,1-5H3/t11-/m1/s1. The molecule has 1 aromatic heterocycles. The Bertz CT molecular complexity index is 480. The van der Waals surface area contributed by atoms with Gasteiger partial charge in [0.1, 0.15) is 10.0 Å². The molecule has 5 nitrogen and oxygen atoms in total. The van der Waals surface area contributed by atoms with E-state index in [4.69, 9.17) is 0 Å². The Morgan fingerprint density at radius 2 is 2.10 bits per heavy atom. The predicted molar refractivity (Wildman–Crippen MR) is 80.6 cm³/mol. The van der Waals surface area contributed by atoms with Crippen LogP contribution < -0.4 is 0 Å². The molecule has 1 amide bonds. The topological polar surface area (TPSA) is 49.3 Å². The Labute approximate surface area is 125 Å². The number of aryl methyl sites for hydroxylation is 1. The number of likely N-dealkylation sites (tertiary alicyclic amines) is 1. The van der Waals surface area contributed by atoms with Gasteiger partial charge in [-0.2, -0.15) is 0 Å². The third kappa shape index (κ3) is 3.76. The highest BCUT2D eigenvalue weighted by molar-refractivity contribution is 7.11. The van der Waals surface area contributed by atoms with Crippen molar-refractivity contribution in [3.8, 4) is 0 Å². The zero-order valence-corrected chi connectivity index (χ0v) is 13.8. The molecule has 0 aromatic carbocycles. The SMILES string of the molecule is Cc1nnc(CN(C)C[C@H]2CC(=O)N(C(C)(C)C)C2)s1. The van der Waals surface area contributed by atoms with Crippen LogP contribution in [-0.4, -0.2) is 51.6 Å². The normalized spacial score (nSPS) is 20.2. The molecule has 2 rings (SSSR count). The quantitative estimate of drug-likeness (QED) is 0.852. The number of carbonyl (C=O) groups is 1. The molecule has 1 saturated heterocycles. The molecule has 2 heterocycles.